The zero-order chi connectivity index (χ0) is 12.0. The van der Waals surface area contributed by atoms with Crippen LogP contribution in [0.15, 0.2) is 0 Å². The van der Waals surface area contributed by atoms with Crippen LogP contribution in [-0.4, -0.2) is 37.1 Å². The van der Waals surface area contributed by atoms with E-state index < -0.39 is 28.8 Å². The molecule has 0 aliphatic heterocycles. The Hall–Kier alpha value is -1.66. The number of nitrogens with zero attached hydrogens (tertiary/aromatic N) is 1. The normalized spacial score (nSPS) is 13.8. The molecule has 0 aliphatic carbocycles. The van der Waals surface area contributed by atoms with Crippen LogP contribution in [0.5, 0.6) is 0 Å². The molecule has 0 N–H and O–H groups in total. The molecule has 2 atom stereocenters. The van der Waals surface area contributed by atoms with Crippen molar-refractivity contribution in [2.24, 2.45) is 5.92 Å². The molecule has 0 aliphatic rings. The van der Waals surface area contributed by atoms with Crippen LogP contribution in [-0.2, 0) is 19.1 Å². The molecule has 7 nitrogen and oxygen atoms in total. The first-order chi connectivity index (χ1) is 6.93. The van der Waals surface area contributed by atoms with Gasteiger partial charge in [0, 0.05) is 11.8 Å². The lowest BCUT2D eigenvalue weighted by atomic mass is 9.98. The second-order valence-electron chi connectivity index (χ2n) is 2.94. The summed E-state index contributed by atoms with van der Waals surface area (Å²) >= 11 is 0. The third-order valence-electron chi connectivity index (χ3n) is 2.03. The molecule has 15 heavy (non-hydrogen) atoms. The van der Waals surface area contributed by atoms with Gasteiger partial charge in [0.2, 0.25) is 6.04 Å². The Bertz CT molecular complexity index is 264. The molecular weight excluding hydrogens is 206 g/mol. The molecule has 0 heterocycles. The number of nitro groups is 1. The molecule has 0 amide bonds. The largest absolute Gasteiger partial charge is 0.469 e. The first kappa shape index (κ1) is 13.3. The standard InChI is InChI=1S/C8H13NO6/c1-5(9(12)13)6(8(11)15-3)4-7(10)14-2/h5-6H,4H2,1-3H3/t5-,6-/m1/s1. The molecule has 0 bridgehead atoms. The summed E-state index contributed by atoms with van der Waals surface area (Å²) in [7, 11) is 2.26. The van der Waals surface area contributed by atoms with E-state index in [0.717, 1.165) is 14.2 Å². The van der Waals surface area contributed by atoms with Gasteiger partial charge in [0.15, 0.2) is 0 Å². The number of rotatable bonds is 5. The average Bonchev–Trinajstić information content (AvgIpc) is 2.23. The van der Waals surface area contributed by atoms with Crippen LogP contribution >= 0.6 is 0 Å². The van der Waals surface area contributed by atoms with Gasteiger partial charge < -0.3 is 9.47 Å². The van der Waals surface area contributed by atoms with Crippen molar-refractivity contribution in [2.45, 2.75) is 19.4 Å². The lowest BCUT2D eigenvalue weighted by molar-refractivity contribution is -0.525. The van der Waals surface area contributed by atoms with E-state index in [4.69, 9.17) is 0 Å². The highest BCUT2D eigenvalue weighted by Gasteiger charge is 2.36. The van der Waals surface area contributed by atoms with Crippen LogP contribution < -0.4 is 0 Å². The molecule has 0 aromatic carbocycles. The molecule has 0 rings (SSSR count). The smallest absolute Gasteiger partial charge is 0.316 e. The molecule has 0 saturated carbocycles. The number of esters is 2. The van der Waals surface area contributed by atoms with E-state index in [9.17, 15) is 19.7 Å². The molecule has 0 saturated heterocycles. The predicted octanol–water partition coefficient (Wildman–Crippen LogP) is 0.00390. The monoisotopic (exact) mass is 219 g/mol. The van der Waals surface area contributed by atoms with E-state index in [1.54, 1.807) is 0 Å². The zero-order valence-electron chi connectivity index (χ0n) is 8.76. The van der Waals surface area contributed by atoms with Gasteiger partial charge in [-0.2, -0.15) is 0 Å². The van der Waals surface area contributed by atoms with Crippen molar-refractivity contribution in [1.29, 1.82) is 0 Å². The van der Waals surface area contributed by atoms with Gasteiger partial charge in [-0.3, -0.25) is 19.7 Å². The molecular formula is C8H13NO6. The topological polar surface area (TPSA) is 95.7 Å². The predicted molar refractivity (Wildman–Crippen MR) is 48.6 cm³/mol. The first-order valence-corrected chi connectivity index (χ1v) is 4.22. The second-order valence-corrected chi connectivity index (χ2v) is 2.94. The summed E-state index contributed by atoms with van der Waals surface area (Å²) in [6.45, 7) is 1.24. The number of hydrogen-bond acceptors (Lipinski definition) is 6. The molecule has 0 fully saturated rings. The lowest BCUT2D eigenvalue weighted by Gasteiger charge is -2.14. The summed E-state index contributed by atoms with van der Waals surface area (Å²) in [4.78, 5) is 31.9. The zero-order valence-corrected chi connectivity index (χ0v) is 8.76. The first-order valence-electron chi connectivity index (χ1n) is 4.22. The fourth-order valence-corrected chi connectivity index (χ4v) is 1.01. The van der Waals surface area contributed by atoms with Crippen LogP contribution in [0.3, 0.4) is 0 Å². The minimum absolute atomic E-state index is 0.356. The Labute approximate surface area is 86.5 Å². The summed E-state index contributed by atoms with van der Waals surface area (Å²) < 4.78 is 8.71. The van der Waals surface area contributed by atoms with Gasteiger partial charge in [-0.1, -0.05) is 0 Å². The fourth-order valence-electron chi connectivity index (χ4n) is 1.01. The van der Waals surface area contributed by atoms with Gasteiger partial charge in [0.25, 0.3) is 0 Å². The lowest BCUT2D eigenvalue weighted by Crippen LogP contribution is -2.35. The maximum atomic E-state index is 11.2. The number of hydrogen-bond donors (Lipinski definition) is 0. The number of carbonyl (C=O) groups is 2. The summed E-state index contributed by atoms with van der Waals surface area (Å²) in [5.74, 6) is -2.58. The molecule has 0 spiro atoms. The Morgan fingerprint density at radius 3 is 2.20 bits per heavy atom. The van der Waals surface area contributed by atoms with Gasteiger partial charge >= 0.3 is 11.9 Å². The highest BCUT2D eigenvalue weighted by molar-refractivity contribution is 5.80. The summed E-state index contributed by atoms with van der Waals surface area (Å²) in [6.07, 6.45) is -0.356. The maximum Gasteiger partial charge on any atom is 0.316 e. The van der Waals surface area contributed by atoms with E-state index in [0.29, 0.717) is 0 Å². The van der Waals surface area contributed by atoms with Crippen LogP contribution in [0, 0.1) is 16.0 Å². The molecule has 0 aromatic rings. The Kier molecular flexibility index (Phi) is 5.29. The van der Waals surface area contributed by atoms with Gasteiger partial charge in [-0.05, 0) is 0 Å². The Morgan fingerprint density at radius 1 is 1.33 bits per heavy atom. The average molecular weight is 219 g/mol. The van der Waals surface area contributed by atoms with Gasteiger partial charge in [0.05, 0.1) is 20.6 Å². The van der Waals surface area contributed by atoms with Crippen molar-refractivity contribution >= 4 is 11.9 Å². The van der Waals surface area contributed by atoms with E-state index in [-0.39, 0.29) is 6.42 Å². The highest BCUT2D eigenvalue weighted by Crippen LogP contribution is 2.14. The van der Waals surface area contributed by atoms with Crippen LogP contribution in [0.25, 0.3) is 0 Å². The van der Waals surface area contributed by atoms with Crippen molar-refractivity contribution < 1.29 is 24.0 Å². The van der Waals surface area contributed by atoms with Gasteiger partial charge in [0.1, 0.15) is 5.92 Å². The summed E-state index contributed by atoms with van der Waals surface area (Å²) in [6, 6.07) is -1.18. The van der Waals surface area contributed by atoms with Crippen molar-refractivity contribution in [3.05, 3.63) is 10.1 Å². The third-order valence-corrected chi connectivity index (χ3v) is 2.03. The van der Waals surface area contributed by atoms with E-state index in [1.807, 2.05) is 0 Å². The molecule has 86 valence electrons. The van der Waals surface area contributed by atoms with Crippen LogP contribution in [0.2, 0.25) is 0 Å². The molecule has 0 radical (unpaired) electrons. The molecule has 7 heteroatoms. The quantitative estimate of drug-likeness (QED) is 0.367. The van der Waals surface area contributed by atoms with Crippen molar-refractivity contribution in [1.82, 2.24) is 0 Å². The molecule has 0 unspecified atom stereocenters. The van der Waals surface area contributed by atoms with Crippen molar-refractivity contribution in [3.63, 3.8) is 0 Å². The molecule has 0 aromatic heterocycles. The number of ether oxygens (including phenoxy) is 2. The van der Waals surface area contributed by atoms with Gasteiger partial charge in [-0.15, -0.1) is 0 Å². The maximum absolute atomic E-state index is 11.2. The van der Waals surface area contributed by atoms with E-state index >= 15 is 0 Å². The summed E-state index contributed by atoms with van der Waals surface area (Å²) in [5.41, 5.74) is 0. The summed E-state index contributed by atoms with van der Waals surface area (Å²) in [5, 5.41) is 10.5. The van der Waals surface area contributed by atoms with Crippen molar-refractivity contribution in [2.75, 3.05) is 14.2 Å². The van der Waals surface area contributed by atoms with Crippen molar-refractivity contribution in [3.8, 4) is 0 Å². The second kappa shape index (κ2) is 5.94. The van der Waals surface area contributed by atoms with Crippen LogP contribution in [0.4, 0.5) is 0 Å². The van der Waals surface area contributed by atoms with E-state index in [1.165, 1.54) is 6.92 Å². The minimum atomic E-state index is -1.18. The SMILES string of the molecule is COC(=O)C[C@@H](C(=O)OC)[C@@H](C)[N+](=O)[O-]. The minimum Gasteiger partial charge on any atom is -0.469 e. The third kappa shape index (κ3) is 3.92. The van der Waals surface area contributed by atoms with Gasteiger partial charge in [-0.25, -0.2) is 0 Å². The highest BCUT2D eigenvalue weighted by atomic mass is 16.6. The number of methoxy groups -OCH3 is 2. The Morgan fingerprint density at radius 2 is 1.87 bits per heavy atom. The number of carbonyl (C=O) groups excluding carboxylic acids is 2. The van der Waals surface area contributed by atoms with E-state index in [2.05, 4.69) is 9.47 Å². The Balaban J connectivity index is 4.65. The van der Waals surface area contributed by atoms with Crippen LogP contribution in [0.1, 0.15) is 13.3 Å². The fraction of sp³-hybridized carbons (Fsp3) is 0.750.